The number of benzene rings is 1. The van der Waals surface area contributed by atoms with E-state index in [1.165, 1.54) is 4.90 Å². The molecule has 0 unspecified atom stereocenters. The number of nitrogens with zero attached hydrogens (tertiary/aromatic N) is 3. The summed E-state index contributed by atoms with van der Waals surface area (Å²) in [5.41, 5.74) is 1.96. The monoisotopic (exact) mass is 357 g/mol. The normalized spacial score (nSPS) is 14.3. The van der Waals surface area contributed by atoms with E-state index in [9.17, 15) is 9.59 Å². The molecule has 1 aliphatic rings. The van der Waals surface area contributed by atoms with E-state index >= 15 is 0 Å². The molecule has 2 rings (SSSR count). The Balaban J connectivity index is 1.97. The largest absolute Gasteiger partial charge is 0.353 e. The van der Waals surface area contributed by atoms with Crippen LogP contribution in [0.25, 0.3) is 0 Å². The summed E-state index contributed by atoms with van der Waals surface area (Å²) in [6.45, 7) is 5.66. The van der Waals surface area contributed by atoms with Crippen LogP contribution in [0.3, 0.4) is 0 Å². The molecule has 7 nitrogen and oxygen atoms in total. The van der Waals surface area contributed by atoms with Crippen molar-refractivity contribution in [2.24, 2.45) is 4.99 Å². The van der Waals surface area contributed by atoms with Crippen LogP contribution in [0.5, 0.6) is 0 Å². The predicted octanol–water partition coefficient (Wildman–Crippen LogP) is 1.12. The molecule has 2 N–H and O–H groups in total. The van der Waals surface area contributed by atoms with Gasteiger partial charge in [-0.25, -0.2) is 4.99 Å². The van der Waals surface area contributed by atoms with Crippen LogP contribution in [0.15, 0.2) is 41.9 Å². The quantitative estimate of drug-likeness (QED) is 0.436. The zero-order valence-electron chi connectivity index (χ0n) is 15.5. The lowest BCUT2D eigenvalue weighted by atomic mass is 10.2. The first-order valence-corrected chi connectivity index (χ1v) is 8.74. The maximum absolute atomic E-state index is 11.8. The van der Waals surface area contributed by atoms with Crippen LogP contribution in [0.1, 0.15) is 18.4 Å². The van der Waals surface area contributed by atoms with Crippen LogP contribution in [-0.2, 0) is 16.1 Å². The second-order valence-corrected chi connectivity index (χ2v) is 6.29. The summed E-state index contributed by atoms with van der Waals surface area (Å²) >= 11 is 0. The Morgan fingerprint density at radius 3 is 2.62 bits per heavy atom. The number of carbonyl (C=O) groups excluding carboxylic acids is 2. The van der Waals surface area contributed by atoms with Crippen LogP contribution >= 0.6 is 0 Å². The lowest BCUT2D eigenvalue weighted by Crippen LogP contribution is -2.43. The summed E-state index contributed by atoms with van der Waals surface area (Å²) in [6, 6.07) is 7.85. The van der Waals surface area contributed by atoms with Gasteiger partial charge in [-0.1, -0.05) is 18.2 Å². The van der Waals surface area contributed by atoms with Gasteiger partial charge in [-0.3, -0.25) is 9.59 Å². The summed E-state index contributed by atoms with van der Waals surface area (Å²) in [4.78, 5) is 31.4. The van der Waals surface area contributed by atoms with Crippen molar-refractivity contribution in [3.05, 3.63) is 42.5 Å². The predicted molar refractivity (Wildman–Crippen MR) is 104 cm³/mol. The number of amides is 2. The highest BCUT2D eigenvalue weighted by Gasteiger charge is 2.21. The van der Waals surface area contributed by atoms with Gasteiger partial charge in [0.2, 0.25) is 11.8 Å². The fourth-order valence-electron chi connectivity index (χ4n) is 2.53. The molecule has 7 heteroatoms. The van der Waals surface area contributed by atoms with Gasteiger partial charge in [-0.15, -0.1) is 6.58 Å². The summed E-state index contributed by atoms with van der Waals surface area (Å²) in [6.07, 6.45) is 3.27. The Labute approximate surface area is 154 Å². The first kappa shape index (κ1) is 19.5. The average Bonchev–Trinajstić information content (AvgIpc) is 3.07. The van der Waals surface area contributed by atoms with E-state index in [1.807, 2.05) is 29.2 Å². The molecule has 0 radical (unpaired) electrons. The van der Waals surface area contributed by atoms with Gasteiger partial charge >= 0.3 is 0 Å². The highest BCUT2D eigenvalue weighted by Crippen LogP contribution is 2.21. The van der Waals surface area contributed by atoms with Crippen LogP contribution in [-0.4, -0.2) is 56.4 Å². The van der Waals surface area contributed by atoms with Crippen molar-refractivity contribution in [3.63, 3.8) is 0 Å². The molecule has 1 heterocycles. The summed E-state index contributed by atoms with van der Waals surface area (Å²) in [5, 5.41) is 6.11. The number of hydrogen-bond donors (Lipinski definition) is 2. The van der Waals surface area contributed by atoms with Crippen LogP contribution < -0.4 is 15.5 Å². The standard InChI is InChI=1S/C19H27N5O2/c1-4-11-20-19(22-14-18(26)23(2)3)21-13-15-7-9-16(10-8-15)24-12-5-6-17(24)25/h4,7-10H,1,5-6,11-14H2,2-3H3,(H2,20,21,22). The van der Waals surface area contributed by atoms with Crippen molar-refractivity contribution in [1.82, 2.24) is 15.5 Å². The van der Waals surface area contributed by atoms with Crippen molar-refractivity contribution in [2.45, 2.75) is 19.4 Å². The molecule has 1 aromatic carbocycles. The Hall–Kier alpha value is -2.83. The molecule has 1 aromatic rings. The smallest absolute Gasteiger partial charge is 0.241 e. The minimum absolute atomic E-state index is 0.0299. The molecule has 1 saturated heterocycles. The molecule has 1 aliphatic heterocycles. The van der Waals surface area contributed by atoms with Gasteiger partial charge in [0.15, 0.2) is 5.96 Å². The number of aliphatic imine (C=N–C) groups is 1. The number of guanidine groups is 1. The van der Waals surface area contributed by atoms with Gasteiger partial charge in [0, 0.05) is 39.3 Å². The first-order chi connectivity index (χ1) is 12.5. The Morgan fingerprint density at radius 2 is 2.04 bits per heavy atom. The van der Waals surface area contributed by atoms with Crippen molar-refractivity contribution in [1.29, 1.82) is 0 Å². The SMILES string of the molecule is C=CCNC(=NCc1ccc(N2CCCC2=O)cc1)NCC(=O)N(C)C. The molecular weight excluding hydrogens is 330 g/mol. The van der Waals surface area contributed by atoms with E-state index < -0.39 is 0 Å². The summed E-state index contributed by atoms with van der Waals surface area (Å²) < 4.78 is 0. The van der Waals surface area contributed by atoms with E-state index in [2.05, 4.69) is 22.2 Å². The van der Waals surface area contributed by atoms with Crippen LogP contribution in [0, 0.1) is 0 Å². The first-order valence-electron chi connectivity index (χ1n) is 8.74. The van der Waals surface area contributed by atoms with E-state index in [0.717, 1.165) is 24.2 Å². The number of hydrogen-bond acceptors (Lipinski definition) is 3. The van der Waals surface area contributed by atoms with Crippen molar-refractivity contribution < 1.29 is 9.59 Å². The van der Waals surface area contributed by atoms with Gasteiger partial charge in [0.05, 0.1) is 13.1 Å². The Bertz CT molecular complexity index is 667. The van der Waals surface area contributed by atoms with Gasteiger partial charge < -0.3 is 20.4 Å². The summed E-state index contributed by atoms with van der Waals surface area (Å²) in [5.74, 6) is 0.707. The maximum Gasteiger partial charge on any atom is 0.241 e. The molecule has 0 aromatic heterocycles. The number of rotatable bonds is 7. The van der Waals surface area contributed by atoms with E-state index in [-0.39, 0.29) is 18.4 Å². The molecule has 1 fully saturated rings. The van der Waals surface area contributed by atoms with E-state index in [1.54, 1.807) is 20.2 Å². The highest BCUT2D eigenvalue weighted by atomic mass is 16.2. The van der Waals surface area contributed by atoms with Gasteiger partial charge in [0.25, 0.3) is 0 Å². The number of nitrogens with one attached hydrogen (secondary N) is 2. The van der Waals surface area contributed by atoms with Crippen LogP contribution in [0.2, 0.25) is 0 Å². The molecule has 2 amide bonds. The second-order valence-electron chi connectivity index (χ2n) is 6.29. The fourth-order valence-corrected chi connectivity index (χ4v) is 2.53. The summed E-state index contributed by atoms with van der Waals surface area (Å²) in [7, 11) is 3.43. The van der Waals surface area contributed by atoms with Crippen molar-refractivity contribution in [3.8, 4) is 0 Å². The van der Waals surface area contributed by atoms with Crippen molar-refractivity contribution in [2.75, 3.05) is 38.6 Å². The number of likely N-dealkylation sites (N-methyl/N-ethyl adjacent to an activating group) is 1. The topological polar surface area (TPSA) is 77.0 Å². The third-order valence-corrected chi connectivity index (χ3v) is 4.06. The maximum atomic E-state index is 11.8. The lowest BCUT2D eigenvalue weighted by Gasteiger charge is -2.16. The Kier molecular flexibility index (Phi) is 7.20. The molecule has 0 atom stereocenters. The van der Waals surface area contributed by atoms with E-state index in [4.69, 9.17) is 0 Å². The number of anilines is 1. The molecule has 26 heavy (non-hydrogen) atoms. The minimum Gasteiger partial charge on any atom is -0.353 e. The number of carbonyl (C=O) groups is 2. The third kappa shape index (κ3) is 5.61. The molecule has 0 bridgehead atoms. The average molecular weight is 357 g/mol. The zero-order chi connectivity index (χ0) is 18.9. The third-order valence-electron chi connectivity index (χ3n) is 4.06. The lowest BCUT2D eigenvalue weighted by molar-refractivity contribution is -0.127. The van der Waals surface area contributed by atoms with Gasteiger partial charge in [-0.05, 0) is 24.1 Å². The molecule has 0 saturated carbocycles. The van der Waals surface area contributed by atoms with Crippen LogP contribution in [0.4, 0.5) is 5.69 Å². The van der Waals surface area contributed by atoms with Crippen molar-refractivity contribution >= 4 is 23.5 Å². The fraction of sp³-hybridized carbons (Fsp3) is 0.421. The molecule has 0 spiro atoms. The van der Waals surface area contributed by atoms with Gasteiger partial charge in [0.1, 0.15) is 0 Å². The Morgan fingerprint density at radius 1 is 1.31 bits per heavy atom. The minimum atomic E-state index is -0.0299. The van der Waals surface area contributed by atoms with Gasteiger partial charge in [-0.2, -0.15) is 0 Å². The highest BCUT2D eigenvalue weighted by molar-refractivity contribution is 5.95. The molecule has 140 valence electrons. The van der Waals surface area contributed by atoms with E-state index in [0.29, 0.717) is 25.5 Å². The molecule has 0 aliphatic carbocycles. The zero-order valence-corrected chi connectivity index (χ0v) is 15.5. The molecular formula is C19H27N5O2. The second kappa shape index (κ2) is 9.60.